The van der Waals surface area contributed by atoms with E-state index in [0.29, 0.717) is 13.2 Å². The van der Waals surface area contributed by atoms with Crippen molar-refractivity contribution in [3.05, 3.63) is 0 Å². The first-order chi connectivity index (χ1) is 7.41. The monoisotopic (exact) mass is 266 g/mol. The summed E-state index contributed by atoms with van der Waals surface area (Å²) >= 11 is 4.75. The molecule has 0 aliphatic heterocycles. The maximum Gasteiger partial charge on any atom is 0.223 e. The van der Waals surface area contributed by atoms with Gasteiger partial charge in [-0.25, -0.2) is 8.42 Å². The second-order valence-corrected chi connectivity index (χ2v) is 6.60. The van der Waals surface area contributed by atoms with Gasteiger partial charge in [-0.1, -0.05) is 12.2 Å². The third-order valence-corrected chi connectivity index (χ3v) is 5.43. The minimum atomic E-state index is -3.42. The number of hydrogen-bond acceptors (Lipinski definition) is 4. The SMILES string of the molecule is COCCN(C1CC1)S(=O)(=O)C(C)C(N)=S. The van der Waals surface area contributed by atoms with Gasteiger partial charge in [0.05, 0.1) is 11.6 Å². The van der Waals surface area contributed by atoms with E-state index in [1.54, 1.807) is 7.11 Å². The van der Waals surface area contributed by atoms with Crippen LogP contribution >= 0.6 is 12.2 Å². The molecule has 0 aromatic rings. The van der Waals surface area contributed by atoms with Gasteiger partial charge in [-0.15, -0.1) is 0 Å². The van der Waals surface area contributed by atoms with Gasteiger partial charge in [0, 0.05) is 19.7 Å². The summed E-state index contributed by atoms with van der Waals surface area (Å²) in [7, 11) is -1.87. The number of thiocarbonyl (C=S) groups is 1. The van der Waals surface area contributed by atoms with Crippen LogP contribution in [0.1, 0.15) is 19.8 Å². The number of nitrogens with two attached hydrogens (primary N) is 1. The van der Waals surface area contributed by atoms with E-state index < -0.39 is 15.3 Å². The van der Waals surface area contributed by atoms with Gasteiger partial charge in [0.25, 0.3) is 0 Å². The second kappa shape index (κ2) is 5.39. The number of ether oxygens (including phenoxy) is 1. The molecule has 1 rings (SSSR count). The van der Waals surface area contributed by atoms with Crippen LogP contribution in [0.2, 0.25) is 0 Å². The molecule has 1 fully saturated rings. The van der Waals surface area contributed by atoms with Gasteiger partial charge in [0.15, 0.2) is 0 Å². The fourth-order valence-corrected chi connectivity index (χ4v) is 3.43. The van der Waals surface area contributed by atoms with Gasteiger partial charge < -0.3 is 10.5 Å². The van der Waals surface area contributed by atoms with E-state index >= 15 is 0 Å². The lowest BCUT2D eigenvalue weighted by molar-refractivity contribution is 0.177. The Balaban J connectivity index is 2.79. The van der Waals surface area contributed by atoms with E-state index in [4.69, 9.17) is 22.7 Å². The molecule has 1 aliphatic rings. The summed E-state index contributed by atoms with van der Waals surface area (Å²) in [6.07, 6.45) is 1.82. The molecule has 0 amide bonds. The number of sulfonamides is 1. The molecule has 1 saturated carbocycles. The highest BCUT2D eigenvalue weighted by atomic mass is 32.2. The van der Waals surface area contributed by atoms with Crippen molar-refractivity contribution in [2.24, 2.45) is 5.73 Å². The van der Waals surface area contributed by atoms with Crippen LogP contribution in [-0.4, -0.2) is 49.3 Å². The Morgan fingerprint density at radius 2 is 2.19 bits per heavy atom. The largest absolute Gasteiger partial charge is 0.392 e. The standard InChI is InChI=1S/C9H18N2O3S2/c1-7(9(10)15)16(12,13)11(5-6-14-2)8-3-4-8/h7-8H,3-6H2,1-2H3,(H2,10,15). The highest BCUT2D eigenvalue weighted by molar-refractivity contribution is 7.92. The van der Waals surface area contributed by atoms with Crippen LogP contribution in [0.15, 0.2) is 0 Å². The van der Waals surface area contributed by atoms with Gasteiger partial charge in [0.1, 0.15) is 5.25 Å². The van der Waals surface area contributed by atoms with E-state index in [1.165, 1.54) is 11.2 Å². The quantitative estimate of drug-likeness (QED) is 0.662. The third kappa shape index (κ3) is 3.13. The minimum absolute atomic E-state index is 0.0167. The molecule has 0 heterocycles. The normalized spacial score (nSPS) is 18.7. The Morgan fingerprint density at radius 3 is 2.56 bits per heavy atom. The predicted octanol–water partition coefficient (Wildman–Crippen LogP) is 0.102. The van der Waals surface area contributed by atoms with Crippen molar-refractivity contribution in [3.8, 4) is 0 Å². The average molecular weight is 266 g/mol. The smallest absolute Gasteiger partial charge is 0.223 e. The van der Waals surface area contributed by atoms with Crippen LogP contribution in [-0.2, 0) is 14.8 Å². The summed E-state index contributed by atoms with van der Waals surface area (Å²) in [6.45, 7) is 2.29. The van der Waals surface area contributed by atoms with Crippen molar-refractivity contribution in [1.29, 1.82) is 0 Å². The molecule has 1 atom stereocenters. The van der Waals surface area contributed by atoms with Crippen LogP contribution in [0.5, 0.6) is 0 Å². The summed E-state index contributed by atoms with van der Waals surface area (Å²) < 4.78 is 30.7. The first-order valence-electron chi connectivity index (χ1n) is 5.20. The van der Waals surface area contributed by atoms with Crippen LogP contribution in [0.3, 0.4) is 0 Å². The van der Waals surface area contributed by atoms with Crippen molar-refractivity contribution in [2.45, 2.75) is 31.1 Å². The molecule has 0 aromatic carbocycles. The van der Waals surface area contributed by atoms with Crippen LogP contribution in [0, 0.1) is 0 Å². The molecule has 0 spiro atoms. The van der Waals surface area contributed by atoms with Gasteiger partial charge in [-0.05, 0) is 19.8 Å². The molecule has 16 heavy (non-hydrogen) atoms. The molecular weight excluding hydrogens is 248 g/mol. The van der Waals surface area contributed by atoms with Crippen molar-refractivity contribution < 1.29 is 13.2 Å². The van der Waals surface area contributed by atoms with E-state index in [9.17, 15) is 8.42 Å². The maximum atomic E-state index is 12.2. The molecule has 7 heteroatoms. The molecule has 0 saturated heterocycles. The van der Waals surface area contributed by atoms with Crippen LogP contribution in [0.4, 0.5) is 0 Å². The molecule has 1 unspecified atom stereocenters. The molecule has 94 valence electrons. The summed E-state index contributed by atoms with van der Waals surface area (Å²) in [6, 6.07) is 0.108. The average Bonchev–Trinajstić information content (AvgIpc) is 3.00. The Hall–Kier alpha value is -0.240. The molecule has 1 aliphatic carbocycles. The fraction of sp³-hybridized carbons (Fsp3) is 0.889. The molecule has 0 aromatic heterocycles. The molecule has 2 N–H and O–H groups in total. The first-order valence-corrected chi connectivity index (χ1v) is 7.11. The number of nitrogens with zero attached hydrogens (tertiary/aromatic N) is 1. The fourth-order valence-electron chi connectivity index (χ4n) is 1.41. The Morgan fingerprint density at radius 1 is 1.62 bits per heavy atom. The Kier molecular flexibility index (Phi) is 4.66. The summed E-state index contributed by atoms with van der Waals surface area (Å²) in [5, 5.41) is -0.806. The van der Waals surface area contributed by atoms with Gasteiger partial charge in [-0.2, -0.15) is 4.31 Å². The van der Waals surface area contributed by atoms with Gasteiger partial charge in [0.2, 0.25) is 10.0 Å². The first kappa shape index (κ1) is 13.8. The molecule has 0 radical (unpaired) electrons. The predicted molar refractivity (Wildman–Crippen MR) is 66.8 cm³/mol. The van der Waals surface area contributed by atoms with E-state index in [2.05, 4.69) is 0 Å². The number of rotatable bonds is 7. The maximum absolute atomic E-state index is 12.2. The van der Waals surface area contributed by atoms with Crippen LogP contribution < -0.4 is 5.73 Å². The third-order valence-electron chi connectivity index (χ3n) is 2.64. The van der Waals surface area contributed by atoms with Gasteiger partial charge >= 0.3 is 0 Å². The zero-order valence-corrected chi connectivity index (χ0v) is 11.2. The second-order valence-electron chi connectivity index (χ2n) is 3.92. The molecule has 5 nitrogen and oxygen atoms in total. The topological polar surface area (TPSA) is 72.6 Å². The Bertz CT molecular complexity index is 352. The van der Waals surface area contributed by atoms with Crippen LogP contribution in [0.25, 0.3) is 0 Å². The lowest BCUT2D eigenvalue weighted by Crippen LogP contribution is -2.45. The lowest BCUT2D eigenvalue weighted by atomic mass is 10.5. The summed E-state index contributed by atoms with van der Waals surface area (Å²) in [4.78, 5) is 0.0167. The summed E-state index contributed by atoms with van der Waals surface area (Å²) in [5.41, 5.74) is 5.40. The van der Waals surface area contributed by atoms with Crippen molar-refractivity contribution >= 4 is 27.2 Å². The van der Waals surface area contributed by atoms with Gasteiger partial charge in [-0.3, -0.25) is 0 Å². The number of hydrogen-bond donors (Lipinski definition) is 1. The molecular formula is C9H18N2O3S2. The highest BCUT2D eigenvalue weighted by Gasteiger charge is 2.40. The van der Waals surface area contributed by atoms with E-state index in [1.807, 2.05) is 0 Å². The number of methoxy groups -OCH3 is 1. The van der Waals surface area contributed by atoms with E-state index in [-0.39, 0.29) is 11.0 Å². The van der Waals surface area contributed by atoms with Crippen molar-refractivity contribution in [2.75, 3.05) is 20.3 Å². The van der Waals surface area contributed by atoms with E-state index in [0.717, 1.165) is 12.8 Å². The minimum Gasteiger partial charge on any atom is -0.392 e. The lowest BCUT2D eigenvalue weighted by Gasteiger charge is -2.24. The molecule has 0 bridgehead atoms. The zero-order valence-electron chi connectivity index (χ0n) is 9.55. The Labute approximate surface area is 102 Å². The zero-order chi connectivity index (χ0) is 12.3. The van der Waals surface area contributed by atoms with Crippen molar-refractivity contribution in [1.82, 2.24) is 4.31 Å². The summed E-state index contributed by atoms with van der Waals surface area (Å²) in [5.74, 6) is 0. The highest BCUT2D eigenvalue weighted by Crippen LogP contribution is 2.30. The van der Waals surface area contributed by atoms with Crippen molar-refractivity contribution in [3.63, 3.8) is 0 Å².